The van der Waals surface area contributed by atoms with Crippen LogP contribution in [0.5, 0.6) is 0 Å². The predicted octanol–water partition coefficient (Wildman–Crippen LogP) is 2.71. The van der Waals surface area contributed by atoms with Crippen LogP contribution in [0.25, 0.3) is 0 Å². The third-order valence-electron chi connectivity index (χ3n) is 5.51. The van der Waals surface area contributed by atoms with Crippen LogP contribution >= 0.6 is 0 Å². The molecular formula is C20H29N5. The summed E-state index contributed by atoms with van der Waals surface area (Å²) in [6, 6.07) is 8.75. The molecule has 0 N–H and O–H groups in total. The second kappa shape index (κ2) is 7.26. The van der Waals surface area contributed by atoms with Gasteiger partial charge < -0.3 is 0 Å². The molecule has 2 aromatic rings. The average Bonchev–Trinajstić information content (AvgIpc) is 3.40. The zero-order valence-electron chi connectivity index (χ0n) is 15.5. The zero-order valence-corrected chi connectivity index (χ0v) is 15.5. The largest absolute Gasteiger partial charge is 0.298 e. The maximum Gasteiger partial charge on any atom is 0.154 e. The molecule has 1 saturated carbocycles. The molecule has 0 unspecified atom stereocenters. The molecule has 0 bridgehead atoms. The van der Waals surface area contributed by atoms with Gasteiger partial charge in [0.2, 0.25) is 0 Å². The fourth-order valence-corrected chi connectivity index (χ4v) is 3.66. The Hall–Kier alpha value is -1.72. The molecule has 5 heteroatoms. The van der Waals surface area contributed by atoms with Crippen LogP contribution in [0, 0.1) is 6.92 Å². The van der Waals surface area contributed by atoms with Crippen LogP contribution in [0.2, 0.25) is 0 Å². The van der Waals surface area contributed by atoms with Crippen molar-refractivity contribution in [2.24, 2.45) is 7.05 Å². The number of hydrogen-bond acceptors (Lipinski definition) is 4. The van der Waals surface area contributed by atoms with Gasteiger partial charge in [-0.2, -0.15) is 5.10 Å². The quantitative estimate of drug-likeness (QED) is 0.839. The van der Waals surface area contributed by atoms with Crippen LogP contribution in [0.15, 0.2) is 24.3 Å². The van der Waals surface area contributed by atoms with Crippen LogP contribution in [-0.2, 0) is 20.1 Å². The number of rotatable bonds is 5. The molecule has 1 aromatic heterocycles. The SMILES string of the molecule is Cc1ccccc1CN1CCCN(Cc2nc(C3CC3)nn2C)CC1. The summed E-state index contributed by atoms with van der Waals surface area (Å²) in [7, 11) is 2.04. The lowest BCUT2D eigenvalue weighted by Gasteiger charge is -2.22. The number of aromatic nitrogens is 3. The molecule has 1 aromatic carbocycles. The smallest absolute Gasteiger partial charge is 0.154 e. The first-order chi connectivity index (χ1) is 12.2. The summed E-state index contributed by atoms with van der Waals surface area (Å²) in [5, 5.41) is 4.61. The van der Waals surface area contributed by atoms with Gasteiger partial charge in [0.25, 0.3) is 0 Å². The van der Waals surface area contributed by atoms with E-state index in [4.69, 9.17) is 4.98 Å². The Bertz CT molecular complexity index is 719. The molecule has 134 valence electrons. The fraction of sp³-hybridized carbons (Fsp3) is 0.600. The molecule has 2 aliphatic rings. The summed E-state index contributed by atoms with van der Waals surface area (Å²) in [4.78, 5) is 9.92. The minimum absolute atomic E-state index is 0.633. The molecular weight excluding hydrogens is 310 g/mol. The van der Waals surface area contributed by atoms with Crippen molar-refractivity contribution in [3.05, 3.63) is 47.0 Å². The lowest BCUT2D eigenvalue weighted by Crippen LogP contribution is -2.31. The molecule has 25 heavy (non-hydrogen) atoms. The van der Waals surface area contributed by atoms with Crippen LogP contribution in [0.4, 0.5) is 0 Å². The van der Waals surface area contributed by atoms with Crippen molar-refractivity contribution in [1.82, 2.24) is 24.6 Å². The third-order valence-corrected chi connectivity index (χ3v) is 5.51. The van der Waals surface area contributed by atoms with E-state index in [1.54, 1.807) is 0 Å². The first kappa shape index (κ1) is 16.7. The van der Waals surface area contributed by atoms with Gasteiger partial charge in [0, 0.05) is 32.6 Å². The van der Waals surface area contributed by atoms with Crippen molar-refractivity contribution in [3.63, 3.8) is 0 Å². The second-order valence-corrected chi connectivity index (χ2v) is 7.62. The topological polar surface area (TPSA) is 37.2 Å². The van der Waals surface area contributed by atoms with E-state index in [0.29, 0.717) is 5.92 Å². The summed E-state index contributed by atoms with van der Waals surface area (Å²) >= 11 is 0. The number of hydrogen-bond donors (Lipinski definition) is 0. The Labute approximate surface area is 150 Å². The lowest BCUT2D eigenvalue weighted by molar-refractivity contribution is 0.241. The van der Waals surface area contributed by atoms with E-state index in [1.807, 2.05) is 11.7 Å². The molecule has 2 fully saturated rings. The highest BCUT2D eigenvalue weighted by Crippen LogP contribution is 2.38. The molecule has 1 saturated heterocycles. The standard InChI is InChI=1S/C20H29N5/c1-16-6-3-4-7-18(16)14-24-10-5-11-25(13-12-24)15-19-21-20(17-8-9-17)22-23(19)2/h3-4,6-7,17H,5,8-15H2,1-2H3. The first-order valence-corrected chi connectivity index (χ1v) is 9.58. The van der Waals surface area contributed by atoms with Gasteiger partial charge >= 0.3 is 0 Å². The molecule has 0 amide bonds. The Morgan fingerprint density at radius 1 is 1.00 bits per heavy atom. The van der Waals surface area contributed by atoms with E-state index in [2.05, 4.69) is 46.1 Å². The van der Waals surface area contributed by atoms with Gasteiger partial charge in [0.15, 0.2) is 5.82 Å². The van der Waals surface area contributed by atoms with Crippen molar-refractivity contribution in [1.29, 1.82) is 0 Å². The molecule has 2 heterocycles. The van der Waals surface area contributed by atoms with Gasteiger partial charge in [0.1, 0.15) is 5.82 Å². The van der Waals surface area contributed by atoms with Crippen LogP contribution in [0.1, 0.15) is 48.0 Å². The Morgan fingerprint density at radius 3 is 2.44 bits per heavy atom. The Kier molecular flexibility index (Phi) is 4.86. The van der Waals surface area contributed by atoms with Crippen LogP contribution in [0.3, 0.4) is 0 Å². The Morgan fingerprint density at radius 2 is 1.72 bits per heavy atom. The molecule has 0 atom stereocenters. The van der Waals surface area contributed by atoms with Gasteiger partial charge in [-0.3, -0.25) is 14.5 Å². The molecule has 1 aliphatic carbocycles. The Balaban J connectivity index is 1.34. The van der Waals surface area contributed by atoms with Crippen molar-refractivity contribution < 1.29 is 0 Å². The maximum atomic E-state index is 4.79. The van der Waals surface area contributed by atoms with Gasteiger partial charge in [-0.1, -0.05) is 24.3 Å². The number of aryl methyl sites for hydroxylation is 2. The lowest BCUT2D eigenvalue weighted by atomic mass is 10.1. The summed E-state index contributed by atoms with van der Waals surface area (Å²) in [6.07, 6.45) is 3.75. The van der Waals surface area contributed by atoms with E-state index in [9.17, 15) is 0 Å². The average molecular weight is 339 g/mol. The molecule has 0 spiro atoms. The molecule has 4 rings (SSSR count). The molecule has 1 aliphatic heterocycles. The minimum Gasteiger partial charge on any atom is -0.298 e. The van der Waals surface area contributed by atoms with Crippen molar-refractivity contribution in [2.75, 3.05) is 26.2 Å². The highest BCUT2D eigenvalue weighted by atomic mass is 15.4. The van der Waals surface area contributed by atoms with Crippen LogP contribution < -0.4 is 0 Å². The predicted molar refractivity (Wildman–Crippen MR) is 99.3 cm³/mol. The highest BCUT2D eigenvalue weighted by molar-refractivity contribution is 5.25. The second-order valence-electron chi connectivity index (χ2n) is 7.62. The van der Waals surface area contributed by atoms with Gasteiger partial charge in [0.05, 0.1) is 6.54 Å². The molecule has 0 radical (unpaired) electrons. The van der Waals surface area contributed by atoms with Crippen molar-refractivity contribution in [2.45, 2.75) is 45.2 Å². The first-order valence-electron chi connectivity index (χ1n) is 9.58. The van der Waals surface area contributed by atoms with E-state index < -0.39 is 0 Å². The van der Waals surface area contributed by atoms with E-state index in [1.165, 1.54) is 36.9 Å². The zero-order chi connectivity index (χ0) is 17.2. The van der Waals surface area contributed by atoms with E-state index in [0.717, 1.165) is 44.4 Å². The van der Waals surface area contributed by atoms with E-state index in [-0.39, 0.29) is 0 Å². The summed E-state index contributed by atoms with van der Waals surface area (Å²) in [6.45, 7) is 8.77. The van der Waals surface area contributed by atoms with Gasteiger partial charge in [-0.15, -0.1) is 0 Å². The van der Waals surface area contributed by atoms with Crippen molar-refractivity contribution in [3.8, 4) is 0 Å². The van der Waals surface area contributed by atoms with Crippen LogP contribution in [-0.4, -0.2) is 50.7 Å². The molecule has 5 nitrogen and oxygen atoms in total. The van der Waals surface area contributed by atoms with Gasteiger partial charge in [-0.25, -0.2) is 4.98 Å². The summed E-state index contributed by atoms with van der Waals surface area (Å²) in [5.74, 6) is 2.82. The maximum absolute atomic E-state index is 4.79. The third kappa shape index (κ3) is 4.10. The normalized spacial score (nSPS) is 19.9. The highest BCUT2D eigenvalue weighted by Gasteiger charge is 2.29. The van der Waals surface area contributed by atoms with Gasteiger partial charge in [-0.05, 0) is 50.4 Å². The van der Waals surface area contributed by atoms with E-state index >= 15 is 0 Å². The fourth-order valence-electron chi connectivity index (χ4n) is 3.66. The van der Waals surface area contributed by atoms with Crippen molar-refractivity contribution >= 4 is 0 Å². The summed E-state index contributed by atoms with van der Waals surface area (Å²) in [5.41, 5.74) is 2.86. The summed E-state index contributed by atoms with van der Waals surface area (Å²) < 4.78 is 1.99. The minimum atomic E-state index is 0.633. The number of nitrogens with zero attached hydrogens (tertiary/aromatic N) is 5. The monoisotopic (exact) mass is 339 g/mol. The number of benzene rings is 1.